The highest BCUT2D eigenvalue weighted by Crippen LogP contribution is 2.31. The summed E-state index contributed by atoms with van der Waals surface area (Å²) in [6.07, 6.45) is 7.73. The average molecular weight is 231 g/mol. The van der Waals surface area contributed by atoms with Gasteiger partial charge in [0.2, 0.25) is 0 Å². The molecule has 2 N–H and O–H groups in total. The molecule has 0 aromatic heterocycles. The molecule has 3 unspecified atom stereocenters. The van der Waals surface area contributed by atoms with E-state index in [9.17, 15) is 0 Å². The second-order valence-electron chi connectivity index (χ2n) is 4.53. The Labute approximate surface area is 98.2 Å². The summed E-state index contributed by atoms with van der Waals surface area (Å²) in [4.78, 5) is 0. The van der Waals surface area contributed by atoms with Gasteiger partial charge in [-0.2, -0.15) is 11.8 Å². The van der Waals surface area contributed by atoms with E-state index in [1.165, 1.54) is 32.1 Å². The maximum atomic E-state index is 8.92. The van der Waals surface area contributed by atoms with E-state index in [2.05, 4.69) is 31.1 Å². The summed E-state index contributed by atoms with van der Waals surface area (Å²) in [6, 6.07) is 0.679. The van der Waals surface area contributed by atoms with Gasteiger partial charge in [0, 0.05) is 23.1 Å². The van der Waals surface area contributed by atoms with E-state index in [1.54, 1.807) is 0 Å². The molecule has 1 aliphatic carbocycles. The maximum absolute atomic E-state index is 8.92. The fraction of sp³-hybridized carbons (Fsp3) is 1.00. The van der Waals surface area contributed by atoms with E-state index in [0.717, 1.165) is 11.7 Å². The molecule has 0 radical (unpaired) electrons. The molecule has 0 amide bonds. The normalized spacial score (nSPS) is 29.8. The summed E-state index contributed by atoms with van der Waals surface area (Å²) in [6.45, 7) is 2.56. The summed E-state index contributed by atoms with van der Waals surface area (Å²) >= 11 is 2.07. The Morgan fingerprint density at radius 3 is 2.73 bits per heavy atom. The number of rotatable bonds is 5. The number of hydrogen-bond acceptors (Lipinski definition) is 3. The Balaban J connectivity index is 2.40. The van der Waals surface area contributed by atoms with Crippen LogP contribution in [0.15, 0.2) is 0 Å². The average Bonchev–Trinajstić information content (AvgIpc) is 2.43. The van der Waals surface area contributed by atoms with E-state index in [1.807, 2.05) is 0 Å². The lowest BCUT2D eigenvalue weighted by Crippen LogP contribution is -2.35. The zero-order valence-corrected chi connectivity index (χ0v) is 10.9. The Morgan fingerprint density at radius 1 is 1.33 bits per heavy atom. The predicted molar refractivity (Wildman–Crippen MR) is 68.5 cm³/mol. The van der Waals surface area contributed by atoms with Gasteiger partial charge in [-0.3, -0.25) is 0 Å². The third-order valence-corrected chi connectivity index (χ3v) is 4.88. The molecule has 0 aromatic carbocycles. The van der Waals surface area contributed by atoms with Gasteiger partial charge in [0.05, 0.1) is 0 Å². The van der Waals surface area contributed by atoms with E-state index in [4.69, 9.17) is 5.11 Å². The Kier molecular flexibility index (Phi) is 6.69. The lowest BCUT2D eigenvalue weighted by atomic mass is 10.1. The van der Waals surface area contributed by atoms with Crippen LogP contribution >= 0.6 is 11.8 Å². The zero-order chi connectivity index (χ0) is 11.1. The molecule has 1 fully saturated rings. The SMILES string of the molecule is CNC1CCCCCC1SC(C)CCO. The number of nitrogens with one attached hydrogen (secondary N) is 1. The van der Waals surface area contributed by atoms with Crippen molar-refractivity contribution in [3.05, 3.63) is 0 Å². The van der Waals surface area contributed by atoms with Crippen molar-refractivity contribution >= 4 is 11.8 Å². The maximum Gasteiger partial charge on any atom is 0.0441 e. The van der Waals surface area contributed by atoms with Gasteiger partial charge in [0.1, 0.15) is 0 Å². The molecule has 0 bridgehead atoms. The Morgan fingerprint density at radius 2 is 2.07 bits per heavy atom. The molecular formula is C12H25NOS. The highest BCUT2D eigenvalue weighted by atomic mass is 32.2. The van der Waals surface area contributed by atoms with E-state index < -0.39 is 0 Å². The number of aliphatic hydroxyl groups is 1. The minimum atomic E-state index is 0.325. The van der Waals surface area contributed by atoms with Crippen LogP contribution in [0.1, 0.15) is 45.4 Å². The minimum Gasteiger partial charge on any atom is -0.396 e. The van der Waals surface area contributed by atoms with Gasteiger partial charge in [-0.25, -0.2) is 0 Å². The van der Waals surface area contributed by atoms with Crippen molar-refractivity contribution in [1.82, 2.24) is 5.32 Å². The van der Waals surface area contributed by atoms with Crippen LogP contribution in [-0.2, 0) is 0 Å². The van der Waals surface area contributed by atoms with Crippen LogP contribution in [-0.4, -0.2) is 35.3 Å². The summed E-state index contributed by atoms with van der Waals surface area (Å²) in [5.41, 5.74) is 0. The van der Waals surface area contributed by atoms with Gasteiger partial charge >= 0.3 is 0 Å². The van der Waals surface area contributed by atoms with Crippen molar-refractivity contribution in [1.29, 1.82) is 0 Å². The number of hydrogen-bond donors (Lipinski definition) is 2. The van der Waals surface area contributed by atoms with Crippen LogP contribution in [0.25, 0.3) is 0 Å². The first-order valence-electron chi connectivity index (χ1n) is 6.21. The first-order chi connectivity index (χ1) is 7.27. The fourth-order valence-corrected chi connectivity index (χ4v) is 3.92. The van der Waals surface area contributed by atoms with Crippen molar-refractivity contribution in [2.75, 3.05) is 13.7 Å². The van der Waals surface area contributed by atoms with Crippen molar-refractivity contribution in [2.24, 2.45) is 0 Å². The quantitative estimate of drug-likeness (QED) is 0.713. The molecule has 0 saturated heterocycles. The van der Waals surface area contributed by atoms with Crippen LogP contribution in [0, 0.1) is 0 Å². The second-order valence-corrected chi connectivity index (χ2v) is 6.21. The summed E-state index contributed by atoms with van der Waals surface area (Å²) in [7, 11) is 2.08. The molecule has 0 aromatic rings. The number of thioether (sulfide) groups is 1. The summed E-state index contributed by atoms with van der Waals surface area (Å²) in [5.74, 6) is 0. The molecule has 3 heteroatoms. The van der Waals surface area contributed by atoms with Gasteiger partial charge in [-0.05, 0) is 26.3 Å². The Bertz CT molecular complexity index is 166. The van der Waals surface area contributed by atoms with Crippen LogP contribution in [0.4, 0.5) is 0 Å². The molecule has 2 nitrogen and oxygen atoms in total. The molecular weight excluding hydrogens is 206 g/mol. The van der Waals surface area contributed by atoms with Gasteiger partial charge in [0.25, 0.3) is 0 Å². The molecule has 0 aliphatic heterocycles. The van der Waals surface area contributed by atoms with Gasteiger partial charge < -0.3 is 10.4 Å². The summed E-state index contributed by atoms with van der Waals surface area (Å²) < 4.78 is 0. The molecule has 0 spiro atoms. The van der Waals surface area contributed by atoms with Gasteiger partial charge in [-0.1, -0.05) is 26.2 Å². The van der Waals surface area contributed by atoms with E-state index >= 15 is 0 Å². The molecule has 3 atom stereocenters. The third-order valence-electron chi connectivity index (χ3n) is 3.27. The van der Waals surface area contributed by atoms with Crippen LogP contribution < -0.4 is 5.32 Å². The fourth-order valence-electron chi connectivity index (χ4n) is 2.31. The predicted octanol–water partition coefficient (Wildman–Crippen LogP) is 2.41. The molecule has 0 heterocycles. The van der Waals surface area contributed by atoms with Crippen molar-refractivity contribution < 1.29 is 5.11 Å². The monoisotopic (exact) mass is 231 g/mol. The van der Waals surface area contributed by atoms with Crippen molar-refractivity contribution in [2.45, 2.75) is 62.0 Å². The zero-order valence-electron chi connectivity index (χ0n) is 10.0. The molecule has 90 valence electrons. The largest absolute Gasteiger partial charge is 0.396 e. The highest BCUT2D eigenvalue weighted by molar-refractivity contribution is 8.00. The molecule has 1 saturated carbocycles. The van der Waals surface area contributed by atoms with Crippen LogP contribution in [0.2, 0.25) is 0 Å². The number of aliphatic hydroxyl groups excluding tert-OH is 1. The van der Waals surface area contributed by atoms with Crippen molar-refractivity contribution in [3.63, 3.8) is 0 Å². The van der Waals surface area contributed by atoms with E-state index in [-0.39, 0.29) is 0 Å². The topological polar surface area (TPSA) is 32.3 Å². The Hall–Kier alpha value is 0.270. The van der Waals surface area contributed by atoms with E-state index in [0.29, 0.717) is 17.9 Å². The van der Waals surface area contributed by atoms with Crippen LogP contribution in [0.5, 0.6) is 0 Å². The summed E-state index contributed by atoms with van der Waals surface area (Å²) in [5, 5.41) is 13.7. The van der Waals surface area contributed by atoms with Gasteiger partial charge in [0.15, 0.2) is 0 Å². The minimum absolute atomic E-state index is 0.325. The molecule has 1 aliphatic rings. The smallest absolute Gasteiger partial charge is 0.0441 e. The lowest BCUT2D eigenvalue weighted by Gasteiger charge is -2.26. The molecule has 15 heavy (non-hydrogen) atoms. The van der Waals surface area contributed by atoms with Gasteiger partial charge in [-0.15, -0.1) is 0 Å². The molecule has 1 rings (SSSR count). The second kappa shape index (κ2) is 7.53. The third kappa shape index (κ3) is 4.75. The first kappa shape index (κ1) is 13.3. The lowest BCUT2D eigenvalue weighted by molar-refractivity contribution is 0.288. The standard InChI is InChI=1S/C12H25NOS/c1-10(8-9-14)15-12-7-5-3-4-6-11(12)13-2/h10-14H,3-9H2,1-2H3. The highest BCUT2D eigenvalue weighted by Gasteiger charge is 2.24. The van der Waals surface area contributed by atoms with Crippen LogP contribution in [0.3, 0.4) is 0 Å². The first-order valence-corrected chi connectivity index (χ1v) is 7.15. The van der Waals surface area contributed by atoms with Crippen molar-refractivity contribution in [3.8, 4) is 0 Å².